The van der Waals surface area contributed by atoms with Crippen molar-refractivity contribution >= 4 is 27.6 Å². The highest BCUT2D eigenvalue weighted by Gasteiger charge is 2.21. The molecule has 0 atom stereocenters. The summed E-state index contributed by atoms with van der Waals surface area (Å²) in [6, 6.07) is 7.19. The van der Waals surface area contributed by atoms with Crippen molar-refractivity contribution in [2.75, 3.05) is 20.0 Å². The molecule has 2 aromatic rings. The maximum absolute atomic E-state index is 11.9. The molecule has 108 valence electrons. The predicted octanol–water partition coefficient (Wildman–Crippen LogP) is 2.49. The molecule has 0 aliphatic rings. The molecule has 0 saturated carbocycles. The third-order valence-electron chi connectivity index (χ3n) is 2.96. The number of aromatic nitrogens is 1. The van der Waals surface area contributed by atoms with Gasteiger partial charge in [0.05, 0.1) is 29.9 Å². The van der Waals surface area contributed by atoms with Crippen LogP contribution in [0.25, 0.3) is 5.69 Å². The van der Waals surface area contributed by atoms with Crippen molar-refractivity contribution in [3.63, 3.8) is 0 Å². The minimum atomic E-state index is -0.610. The number of carbonyl (C=O) groups excluding carboxylic acids is 1. The van der Waals surface area contributed by atoms with Gasteiger partial charge in [-0.2, -0.15) is 5.26 Å². The van der Waals surface area contributed by atoms with E-state index >= 15 is 0 Å². The second-order valence-electron chi connectivity index (χ2n) is 4.10. The predicted molar refractivity (Wildman–Crippen MR) is 80.5 cm³/mol. The highest BCUT2D eigenvalue weighted by Crippen LogP contribution is 2.30. The van der Waals surface area contributed by atoms with Crippen LogP contribution in [0.15, 0.2) is 28.9 Å². The lowest BCUT2D eigenvalue weighted by atomic mass is 10.2. The molecule has 0 radical (unpaired) electrons. The van der Waals surface area contributed by atoms with Crippen LogP contribution in [-0.2, 0) is 4.74 Å². The number of halogens is 1. The molecule has 7 heteroatoms. The lowest BCUT2D eigenvalue weighted by Gasteiger charge is -2.10. The van der Waals surface area contributed by atoms with Gasteiger partial charge in [-0.15, -0.1) is 0 Å². The number of hydrogen-bond donors (Lipinski definition) is 1. The fourth-order valence-electron chi connectivity index (χ4n) is 1.92. The van der Waals surface area contributed by atoms with Crippen LogP contribution < -0.4 is 10.5 Å². The van der Waals surface area contributed by atoms with Crippen molar-refractivity contribution in [1.82, 2.24) is 4.57 Å². The van der Waals surface area contributed by atoms with Gasteiger partial charge in [-0.05, 0) is 34.1 Å². The molecule has 1 aromatic heterocycles. The summed E-state index contributed by atoms with van der Waals surface area (Å²) in [6.07, 6.45) is 1.50. The van der Waals surface area contributed by atoms with Crippen LogP contribution in [0.3, 0.4) is 0 Å². The summed E-state index contributed by atoms with van der Waals surface area (Å²) in [5.74, 6) is 0.0416. The van der Waals surface area contributed by atoms with Gasteiger partial charge >= 0.3 is 5.97 Å². The molecular formula is C14H12BrN3O3. The average molecular weight is 350 g/mol. The van der Waals surface area contributed by atoms with Gasteiger partial charge in [0.25, 0.3) is 0 Å². The number of ether oxygens (including phenoxy) is 2. The Bertz CT molecular complexity index is 747. The third kappa shape index (κ3) is 2.58. The molecule has 2 N–H and O–H groups in total. The Morgan fingerprint density at radius 1 is 1.43 bits per heavy atom. The highest BCUT2D eigenvalue weighted by atomic mass is 79.9. The minimum absolute atomic E-state index is 0.0938. The summed E-state index contributed by atoms with van der Waals surface area (Å²) < 4.78 is 12.1. The molecule has 1 aromatic carbocycles. The van der Waals surface area contributed by atoms with Gasteiger partial charge in [0.2, 0.25) is 0 Å². The number of carbonyl (C=O) groups is 1. The van der Waals surface area contributed by atoms with Crippen LogP contribution >= 0.6 is 15.9 Å². The SMILES string of the molecule is COC(=O)c1c(N)c(C#N)cn1-c1ccc(OC)c(Br)c1. The monoisotopic (exact) mass is 349 g/mol. The molecule has 1 heterocycles. The molecule has 6 nitrogen and oxygen atoms in total. The smallest absolute Gasteiger partial charge is 0.357 e. The standard InChI is InChI=1S/C14H12BrN3O3/c1-20-11-4-3-9(5-10(11)15)18-7-8(6-16)12(17)13(18)14(19)21-2/h3-5,7H,17H2,1-2H3. The molecular weight excluding hydrogens is 338 g/mol. The van der Waals surface area contributed by atoms with Gasteiger partial charge in [-0.25, -0.2) is 4.79 Å². The zero-order valence-corrected chi connectivity index (χ0v) is 13.0. The summed E-state index contributed by atoms with van der Waals surface area (Å²) >= 11 is 3.37. The van der Waals surface area contributed by atoms with E-state index in [4.69, 9.17) is 20.5 Å². The van der Waals surface area contributed by atoms with E-state index in [9.17, 15) is 4.79 Å². The molecule has 0 bridgehead atoms. The van der Waals surface area contributed by atoms with E-state index in [1.807, 2.05) is 6.07 Å². The molecule has 0 aliphatic carbocycles. The molecule has 2 rings (SSSR count). The summed E-state index contributed by atoms with van der Waals surface area (Å²) in [5, 5.41) is 9.07. The topological polar surface area (TPSA) is 90.3 Å². The first-order valence-electron chi connectivity index (χ1n) is 5.86. The van der Waals surface area contributed by atoms with E-state index in [2.05, 4.69) is 15.9 Å². The van der Waals surface area contributed by atoms with E-state index < -0.39 is 5.97 Å². The second-order valence-corrected chi connectivity index (χ2v) is 4.95. The first-order valence-corrected chi connectivity index (χ1v) is 6.66. The maximum Gasteiger partial charge on any atom is 0.357 e. The lowest BCUT2D eigenvalue weighted by molar-refractivity contribution is 0.0593. The first kappa shape index (κ1) is 14.9. The van der Waals surface area contributed by atoms with E-state index in [0.717, 1.165) is 0 Å². The van der Waals surface area contributed by atoms with Crippen molar-refractivity contribution in [3.8, 4) is 17.5 Å². The lowest BCUT2D eigenvalue weighted by Crippen LogP contribution is -2.11. The Balaban J connectivity index is 2.66. The van der Waals surface area contributed by atoms with E-state index in [1.54, 1.807) is 25.3 Å². The number of nitrogen functional groups attached to an aromatic ring is 1. The molecule has 0 saturated heterocycles. The summed E-state index contributed by atoms with van der Waals surface area (Å²) in [4.78, 5) is 11.9. The first-order chi connectivity index (χ1) is 10.0. The fraction of sp³-hybridized carbons (Fsp3) is 0.143. The Hall–Kier alpha value is -2.46. The van der Waals surface area contributed by atoms with Crippen molar-refractivity contribution in [3.05, 3.63) is 40.1 Å². The highest BCUT2D eigenvalue weighted by molar-refractivity contribution is 9.10. The summed E-state index contributed by atoms with van der Waals surface area (Å²) in [5.41, 5.74) is 6.91. The molecule has 21 heavy (non-hydrogen) atoms. The maximum atomic E-state index is 11.9. The Kier molecular flexibility index (Phi) is 4.19. The van der Waals surface area contributed by atoms with Crippen LogP contribution in [0.5, 0.6) is 5.75 Å². The van der Waals surface area contributed by atoms with Gasteiger partial charge in [-0.1, -0.05) is 0 Å². The Morgan fingerprint density at radius 2 is 2.14 bits per heavy atom. The molecule has 0 spiro atoms. The van der Waals surface area contributed by atoms with Crippen LogP contribution in [0.4, 0.5) is 5.69 Å². The van der Waals surface area contributed by atoms with Gasteiger partial charge < -0.3 is 19.8 Å². The number of nitriles is 1. The van der Waals surface area contributed by atoms with Crippen LogP contribution in [0.1, 0.15) is 16.1 Å². The second kappa shape index (κ2) is 5.89. The number of benzene rings is 1. The zero-order chi connectivity index (χ0) is 15.6. The number of hydrogen-bond acceptors (Lipinski definition) is 5. The normalized spacial score (nSPS) is 10.0. The molecule has 0 fully saturated rings. The van der Waals surface area contributed by atoms with Crippen molar-refractivity contribution in [2.24, 2.45) is 0 Å². The quantitative estimate of drug-likeness (QED) is 0.859. The van der Waals surface area contributed by atoms with Gasteiger partial charge in [0.1, 0.15) is 11.8 Å². The number of esters is 1. The number of nitrogens with two attached hydrogens (primary N) is 1. The van der Waals surface area contributed by atoms with Crippen LogP contribution in [0.2, 0.25) is 0 Å². The Morgan fingerprint density at radius 3 is 2.67 bits per heavy atom. The largest absolute Gasteiger partial charge is 0.496 e. The van der Waals surface area contributed by atoms with E-state index in [1.165, 1.54) is 17.9 Å². The summed E-state index contributed by atoms with van der Waals surface area (Å²) in [7, 11) is 2.82. The van der Waals surface area contributed by atoms with Crippen LogP contribution in [0, 0.1) is 11.3 Å². The van der Waals surface area contributed by atoms with Gasteiger partial charge in [0, 0.05) is 11.9 Å². The third-order valence-corrected chi connectivity index (χ3v) is 3.58. The number of methoxy groups -OCH3 is 2. The van der Waals surface area contributed by atoms with Crippen molar-refractivity contribution in [2.45, 2.75) is 0 Å². The van der Waals surface area contributed by atoms with Gasteiger partial charge in [-0.3, -0.25) is 0 Å². The van der Waals surface area contributed by atoms with Crippen molar-refractivity contribution in [1.29, 1.82) is 5.26 Å². The number of rotatable bonds is 3. The van der Waals surface area contributed by atoms with Crippen molar-refractivity contribution < 1.29 is 14.3 Å². The van der Waals surface area contributed by atoms with Gasteiger partial charge in [0.15, 0.2) is 5.69 Å². The van der Waals surface area contributed by atoms with E-state index in [-0.39, 0.29) is 16.9 Å². The molecule has 0 unspecified atom stereocenters. The summed E-state index contributed by atoms with van der Waals surface area (Å²) in [6.45, 7) is 0. The van der Waals surface area contributed by atoms with E-state index in [0.29, 0.717) is 15.9 Å². The molecule has 0 amide bonds. The fourth-order valence-corrected chi connectivity index (χ4v) is 2.45. The molecule has 0 aliphatic heterocycles. The zero-order valence-electron chi connectivity index (χ0n) is 11.4. The minimum Gasteiger partial charge on any atom is -0.496 e. The average Bonchev–Trinajstić information content (AvgIpc) is 2.83. The number of anilines is 1. The Labute approximate surface area is 129 Å². The number of nitrogens with zero attached hydrogens (tertiary/aromatic N) is 2. The van der Waals surface area contributed by atoms with Crippen LogP contribution in [-0.4, -0.2) is 24.8 Å².